The van der Waals surface area contributed by atoms with Crippen LogP contribution in [0.15, 0.2) is 54.6 Å². The van der Waals surface area contributed by atoms with Crippen LogP contribution in [0.3, 0.4) is 0 Å². The monoisotopic (exact) mass is 442 g/mol. The predicted molar refractivity (Wildman–Crippen MR) is 110 cm³/mol. The molecule has 1 unspecified atom stereocenters. The van der Waals surface area contributed by atoms with Gasteiger partial charge in [0.05, 0.1) is 17.4 Å². The van der Waals surface area contributed by atoms with E-state index in [-0.39, 0.29) is 18.8 Å². The van der Waals surface area contributed by atoms with E-state index in [0.29, 0.717) is 31.6 Å². The molecule has 1 heterocycles. The van der Waals surface area contributed by atoms with Crippen molar-refractivity contribution in [3.63, 3.8) is 0 Å². The molecule has 3 rings (SSSR count). The van der Waals surface area contributed by atoms with Crippen LogP contribution in [0.2, 0.25) is 0 Å². The summed E-state index contributed by atoms with van der Waals surface area (Å²) in [6.07, 6.45) is -4.37. The second-order valence-electron chi connectivity index (χ2n) is 7.32. The van der Waals surface area contributed by atoms with Crippen LogP contribution >= 0.6 is 0 Å². The van der Waals surface area contributed by atoms with E-state index in [0.717, 1.165) is 17.7 Å². The summed E-state index contributed by atoms with van der Waals surface area (Å²) in [4.78, 5) is 1.88. The molecule has 164 valence electrons. The van der Waals surface area contributed by atoms with Gasteiger partial charge in [-0.3, -0.25) is 0 Å². The number of hydrogen-bond donors (Lipinski definition) is 1. The first-order valence-electron chi connectivity index (χ1n) is 9.80. The quantitative estimate of drug-likeness (QED) is 0.711. The standard InChI is InChI=1S/C21H25F3N2O3S/c22-21(23,24)18-8-10-19(11-9-18)25-12-14-26(15-13-25)30(28,29)16-4-7-20(27)17-5-2-1-3-6-17/h1-3,5-6,8-11,20,27H,4,7,12-16H2. The fraction of sp³-hybridized carbons (Fsp3) is 0.429. The Morgan fingerprint density at radius 2 is 1.53 bits per heavy atom. The zero-order valence-electron chi connectivity index (χ0n) is 16.4. The number of sulfonamides is 1. The van der Waals surface area contributed by atoms with Crippen LogP contribution < -0.4 is 4.90 Å². The third-order valence-electron chi connectivity index (χ3n) is 5.26. The maximum absolute atomic E-state index is 12.7. The van der Waals surface area contributed by atoms with Crippen molar-refractivity contribution in [3.05, 3.63) is 65.7 Å². The number of aliphatic hydroxyl groups excluding tert-OH is 1. The van der Waals surface area contributed by atoms with E-state index < -0.39 is 27.9 Å². The number of alkyl halides is 3. The lowest BCUT2D eigenvalue weighted by Crippen LogP contribution is -2.49. The third-order valence-corrected chi connectivity index (χ3v) is 7.21. The molecular formula is C21H25F3N2O3S. The van der Waals surface area contributed by atoms with Crippen molar-refractivity contribution < 1.29 is 26.7 Å². The molecule has 0 saturated carbocycles. The van der Waals surface area contributed by atoms with Gasteiger partial charge in [0.1, 0.15) is 0 Å². The summed E-state index contributed by atoms with van der Waals surface area (Å²) in [6.45, 7) is 1.39. The Kier molecular flexibility index (Phi) is 7.05. The first-order chi connectivity index (χ1) is 14.2. The molecule has 9 heteroatoms. The summed E-state index contributed by atoms with van der Waals surface area (Å²) in [7, 11) is -3.45. The summed E-state index contributed by atoms with van der Waals surface area (Å²) >= 11 is 0. The van der Waals surface area contributed by atoms with Crippen molar-refractivity contribution in [1.82, 2.24) is 4.31 Å². The molecule has 2 aromatic carbocycles. The van der Waals surface area contributed by atoms with Crippen molar-refractivity contribution in [2.24, 2.45) is 0 Å². The molecule has 30 heavy (non-hydrogen) atoms. The summed E-state index contributed by atoms with van der Waals surface area (Å²) < 4.78 is 64.7. The summed E-state index contributed by atoms with van der Waals surface area (Å²) in [5.74, 6) is -0.0445. The smallest absolute Gasteiger partial charge is 0.388 e. The van der Waals surface area contributed by atoms with Gasteiger partial charge in [0.2, 0.25) is 10.0 Å². The zero-order valence-corrected chi connectivity index (χ0v) is 17.2. The predicted octanol–water partition coefficient (Wildman–Crippen LogP) is 3.67. The molecule has 1 saturated heterocycles. The Morgan fingerprint density at radius 3 is 2.10 bits per heavy atom. The van der Waals surface area contributed by atoms with Gasteiger partial charge in [0.15, 0.2) is 0 Å². The molecule has 0 radical (unpaired) electrons. The number of anilines is 1. The normalized spacial score (nSPS) is 17.1. The summed E-state index contributed by atoms with van der Waals surface area (Å²) in [5, 5.41) is 10.2. The van der Waals surface area contributed by atoms with Crippen LogP contribution in [0.25, 0.3) is 0 Å². The van der Waals surface area contributed by atoms with Gasteiger partial charge in [-0.1, -0.05) is 30.3 Å². The molecule has 1 aliphatic rings. The van der Waals surface area contributed by atoms with E-state index in [9.17, 15) is 26.7 Å². The van der Waals surface area contributed by atoms with Gasteiger partial charge in [-0.05, 0) is 42.7 Å². The van der Waals surface area contributed by atoms with E-state index in [1.807, 2.05) is 23.1 Å². The van der Waals surface area contributed by atoms with E-state index in [1.54, 1.807) is 12.1 Å². The zero-order chi connectivity index (χ0) is 21.8. The fourth-order valence-electron chi connectivity index (χ4n) is 3.52. The van der Waals surface area contributed by atoms with Gasteiger partial charge < -0.3 is 10.0 Å². The summed E-state index contributed by atoms with van der Waals surface area (Å²) in [5.41, 5.74) is 0.705. The number of rotatable bonds is 7. The Bertz CT molecular complexity index is 911. The number of halogens is 3. The highest BCUT2D eigenvalue weighted by molar-refractivity contribution is 7.89. The van der Waals surface area contributed by atoms with Gasteiger partial charge in [0.25, 0.3) is 0 Å². The lowest BCUT2D eigenvalue weighted by Gasteiger charge is -2.35. The van der Waals surface area contributed by atoms with E-state index in [4.69, 9.17) is 0 Å². The highest BCUT2D eigenvalue weighted by atomic mass is 32.2. The number of aliphatic hydroxyl groups is 1. The van der Waals surface area contributed by atoms with Gasteiger partial charge in [-0.25, -0.2) is 8.42 Å². The highest BCUT2D eigenvalue weighted by Crippen LogP contribution is 2.30. The average Bonchev–Trinajstić information content (AvgIpc) is 2.74. The third kappa shape index (κ3) is 5.74. The van der Waals surface area contributed by atoms with E-state index in [1.165, 1.54) is 16.4 Å². The van der Waals surface area contributed by atoms with Gasteiger partial charge in [-0.2, -0.15) is 17.5 Å². The second-order valence-corrected chi connectivity index (χ2v) is 9.40. The maximum Gasteiger partial charge on any atom is 0.416 e. The van der Waals surface area contributed by atoms with E-state index >= 15 is 0 Å². The molecule has 1 aliphatic heterocycles. The van der Waals surface area contributed by atoms with Crippen LogP contribution in [0.1, 0.15) is 30.1 Å². The Labute approximate surface area is 174 Å². The number of nitrogens with zero attached hydrogens (tertiary/aromatic N) is 2. The molecule has 2 aromatic rings. The number of piperazine rings is 1. The molecule has 0 aromatic heterocycles. The molecular weight excluding hydrogens is 417 g/mol. The molecule has 0 spiro atoms. The van der Waals surface area contributed by atoms with Crippen LogP contribution in [0, 0.1) is 0 Å². The molecule has 1 atom stereocenters. The van der Waals surface area contributed by atoms with Crippen LogP contribution in [-0.2, 0) is 16.2 Å². The minimum atomic E-state index is -4.38. The second kappa shape index (κ2) is 9.36. The van der Waals surface area contributed by atoms with E-state index in [2.05, 4.69) is 0 Å². The lowest BCUT2D eigenvalue weighted by atomic mass is 10.1. The molecule has 5 nitrogen and oxygen atoms in total. The first-order valence-corrected chi connectivity index (χ1v) is 11.4. The molecule has 0 aliphatic carbocycles. The molecule has 1 fully saturated rings. The van der Waals surface area contributed by atoms with Crippen LogP contribution in [0.5, 0.6) is 0 Å². The molecule has 0 bridgehead atoms. The Morgan fingerprint density at radius 1 is 0.933 bits per heavy atom. The number of benzene rings is 2. The average molecular weight is 443 g/mol. The fourth-order valence-corrected chi connectivity index (χ4v) is 5.03. The van der Waals surface area contributed by atoms with Gasteiger partial charge >= 0.3 is 6.18 Å². The largest absolute Gasteiger partial charge is 0.416 e. The minimum absolute atomic E-state index is 0.0445. The maximum atomic E-state index is 12.7. The molecule has 0 amide bonds. The van der Waals surface area contributed by atoms with Crippen LogP contribution in [0.4, 0.5) is 18.9 Å². The lowest BCUT2D eigenvalue weighted by molar-refractivity contribution is -0.137. The topological polar surface area (TPSA) is 60.9 Å². The van der Waals surface area contributed by atoms with Crippen LogP contribution in [-0.4, -0.2) is 49.8 Å². The molecule has 1 N–H and O–H groups in total. The summed E-state index contributed by atoms with van der Waals surface area (Å²) in [6, 6.07) is 14.0. The van der Waals surface area contributed by atoms with Crippen molar-refractivity contribution in [2.75, 3.05) is 36.8 Å². The van der Waals surface area contributed by atoms with Gasteiger partial charge in [0, 0.05) is 31.9 Å². The van der Waals surface area contributed by atoms with Crippen molar-refractivity contribution >= 4 is 15.7 Å². The van der Waals surface area contributed by atoms with Crippen molar-refractivity contribution in [2.45, 2.75) is 25.1 Å². The van der Waals surface area contributed by atoms with Crippen molar-refractivity contribution in [3.8, 4) is 0 Å². The van der Waals surface area contributed by atoms with Crippen molar-refractivity contribution in [1.29, 1.82) is 0 Å². The number of hydrogen-bond acceptors (Lipinski definition) is 4. The van der Waals surface area contributed by atoms with Gasteiger partial charge in [-0.15, -0.1) is 0 Å². The Hall–Kier alpha value is -2.10. The SMILES string of the molecule is O=S(=O)(CCCC(O)c1ccccc1)N1CCN(c2ccc(C(F)(F)F)cc2)CC1. The Balaban J connectivity index is 1.48. The first kappa shape index (κ1) is 22.6. The minimum Gasteiger partial charge on any atom is -0.388 e. The highest BCUT2D eigenvalue weighted by Gasteiger charge is 2.31.